The zero-order valence-corrected chi connectivity index (χ0v) is 16.9. The van der Waals surface area contributed by atoms with E-state index in [-0.39, 0.29) is 6.42 Å². The predicted octanol–water partition coefficient (Wildman–Crippen LogP) is 3.58. The zero-order valence-electron chi connectivity index (χ0n) is 16.9. The summed E-state index contributed by atoms with van der Waals surface area (Å²) in [5.41, 5.74) is -0.197. The van der Waals surface area contributed by atoms with E-state index in [0.717, 1.165) is 18.4 Å². The second kappa shape index (κ2) is 12.5. The minimum atomic E-state index is -1.96. The van der Waals surface area contributed by atoms with Crippen LogP contribution in [0.1, 0.15) is 76.0 Å². The van der Waals surface area contributed by atoms with Crippen molar-refractivity contribution in [2.75, 3.05) is 13.2 Å². The third-order valence-corrected chi connectivity index (χ3v) is 5.02. The first kappa shape index (κ1) is 24.0. The van der Waals surface area contributed by atoms with Gasteiger partial charge in [-0.15, -0.1) is 0 Å². The lowest BCUT2D eigenvalue weighted by Gasteiger charge is -2.26. The Morgan fingerprint density at radius 1 is 1.11 bits per heavy atom. The van der Waals surface area contributed by atoms with Crippen LogP contribution in [0.3, 0.4) is 0 Å². The minimum Gasteiger partial charge on any atom is -0.457 e. The van der Waals surface area contributed by atoms with Crippen molar-refractivity contribution in [3.8, 4) is 0 Å². The maximum Gasteiger partial charge on any atom is 0.303 e. The molecule has 0 heterocycles. The van der Waals surface area contributed by atoms with Gasteiger partial charge in [-0.3, -0.25) is 14.9 Å². The van der Waals surface area contributed by atoms with E-state index >= 15 is 0 Å². The molecule has 28 heavy (non-hydrogen) atoms. The third kappa shape index (κ3) is 7.56. The number of aliphatic hydroxyl groups excluding tert-OH is 2. The van der Waals surface area contributed by atoms with Crippen LogP contribution in [0.15, 0.2) is 24.3 Å². The molecular weight excluding hydrogens is 362 g/mol. The lowest BCUT2D eigenvalue weighted by Crippen LogP contribution is -2.47. The number of ether oxygens (including phenoxy) is 1. The smallest absolute Gasteiger partial charge is 0.303 e. The average Bonchev–Trinajstić information content (AvgIpc) is 2.68. The summed E-state index contributed by atoms with van der Waals surface area (Å²) in [6.45, 7) is 1.74. The molecule has 7 nitrogen and oxygen atoms in total. The molecule has 0 aliphatic rings. The first-order valence-electron chi connectivity index (χ1n) is 10.0. The van der Waals surface area contributed by atoms with Gasteiger partial charge in [-0.2, -0.15) is 0 Å². The highest BCUT2D eigenvalue weighted by molar-refractivity contribution is 5.66. The maximum absolute atomic E-state index is 11.5. The lowest BCUT2D eigenvalue weighted by atomic mass is 9.90. The van der Waals surface area contributed by atoms with E-state index in [1.807, 2.05) is 12.1 Å². The monoisotopic (exact) mass is 395 g/mol. The van der Waals surface area contributed by atoms with Crippen molar-refractivity contribution in [2.45, 2.75) is 76.9 Å². The Labute approximate surface area is 166 Å². The fourth-order valence-electron chi connectivity index (χ4n) is 3.15. The van der Waals surface area contributed by atoms with E-state index in [2.05, 4.69) is 6.92 Å². The molecule has 1 aromatic rings. The van der Waals surface area contributed by atoms with E-state index in [1.54, 1.807) is 12.1 Å². The van der Waals surface area contributed by atoms with Gasteiger partial charge >= 0.3 is 5.97 Å². The van der Waals surface area contributed by atoms with Gasteiger partial charge < -0.3 is 14.9 Å². The van der Waals surface area contributed by atoms with Gasteiger partial charge in [-0.25, -0.2) is 0 Å². The zero-order chi connectivity index (χ0) is 21.0. The number of carbonyl (C=O) groups is 1. The Kier molecular flexibility index (Phi) is 10.7. The van der Waals surface area contributed by atoms with Crippen LogP contribution in [0.5, 0.6) is 0 Å². The third-order valence-electron chi connectivity index (χ3n) is 5.02. The van der Waals surface area contributed by atoms with Crippen molar-refractivity contribution in [3.05, 3.63) is 45.5 Å². The van der Waals surface area contributed by atoms with Crippen molar-refractivity contribution >= 4 is 5.97 Å². The predicted molar refractivity (Wildman–Crippen MR) is 107 cm³/mol. The lowest BCUT2D eigenvalue weighted by molar-refractivity contribution is -0.580. The number of rotatable bonds is 14. The maximum atomic E-state index is 11.5. The van der Waals surface area contributed by atoms with E-state index in [0.29, 0.717) is 5.56 Å². The number of esters is 1. The molecule has 0 fully saturated rings. The summed E-state index contributed by atoms with van der Waals surface area (Å²) in [7, 11) is 0. The second-order valence-electron chi connectivity index (χ2n) is 7.36. The van der Waals surface area contributed by atoms with Crippen LogP contribution in [-0.4, -0.2) is 39.9 Å². The number of carbonyl (C=O) groups excluding carboxylic acids is 1. The summed E-state index contributed by atoms with van der Waals surface area (Å²) in [5, 5.41) is 30.3. The molecule has 0 aliphatic heterocycles. The van der Waals surface area contributed by atoms with Gasteiger partial charge in [-0.1, -0.05) is 63.3 Å². The molecule has 7 heteroatoms. The summed E-state index contributed by atoms with van der Waals surface area (Å²) in [4.78, 5) is 22.1. The fourth-order valence-corrected chi connectivity index (χ4v) is 3.15. The first-order chi connectivity index (χ1) is 13.4. The molecule has 1 aromatic carbocycles. The standard InChI is InChI=1S/C21H33NO6/c1-3-4-5-6-7-8-9-18-10-12-19(13-11-18)20(28-17(2)25)14-21(15-23,16-24)22(26)27/h10-13,20,23-24H,3-9,14-16H2,1-2H3. The van der Waals surface area contributed by atoms with Crippen LogP contribution in [0.4, 0.5) is 0 Å². The molecule has 0 amide bonds. The summed E-state index contributed by atoms with van der Waals surface area (Å²) in [6, 6.07) is 7.45. The Balaban J connectivity index is 2.78. The molecule has 1 unspecified atom stereocenters. The molecule has 0 bridgehead atoms. The van der Waals surface area contributed by atoms with Gasteiger partial charge in [0.15, 0.2) is 0 Å². The molecule has 0 saturated carbocycles. The number of unbranched alkanes of at least 4 members (excludes halogenated alkanes) is 5. The van der Waals surface area contributed by atoms with Crippen molar-refractivity contribution in [3.63, 3.8) is 0 Å². The average molecular weight is 395 g/mol. The van der Waals surface area contributed by atoms with Crippen molar-refractivity contribution < 1.29 is 24.7 Å². The Hall–Kier alpha value is -1.99. The summed E-state index contributed by atoms with van der Waals surface area (Å²) < 4.78 is 5.26. The van der Waals surface area contributed by atoms with E-state index < -0.39 is 35.7 Å². The van der Waals surface area contributed by atoms with Crippen LogP contribution in [0, 0.1) is 10.1 Å². The van der Waals surface area contributed by atoms with Crippen LogP contribution in [0.25, 0.3) is 0 Å². The Morgan fingerprint density at radius 3 is 2.18 bits per heavy atom. The molecule has 158 valence electrons. The van der Waals surface area contributed by atoms with Gasteiger partial charge in [-0.05, 0) is 24.0 Å². The van der Waals surface area contributed by atoms with E-state index in [1.165, 1.54) is 39.0 Å². The SMILES string of the molecule is CCCCCCCCc1ccc(C(CC(CO)(CO)[N+](=O)[O-])OC(C)=O)cc1. The summed E-state index contributed by atoms with van der Waals surface area (Å²) in [5.74, 6) is -0.575. The van der Waals surface area contributed by atoms with Gasteiger partial charge in [0.25, 0.3) is 5.54 Å². The van der Waals surface area contributed by atoms with E-state index in [9.17, 15) is 25.1 Å². The molecule has 0 aromatic heterocycles. The molecule has 0 aliphatic carbocycles. The number of hydrogen-bond acceptors (Lipinski definition) is 6. The van der Waals surface area contributed by atoms with Gasteiger partial charge in [0, 0.05) is 11.8 Å². The number of nitrogens with zero attached hydrogens (tertiary/aromatic N) is 1. The van der Waals surface area contributed by atoms with Gasteiger partial charge in [0.1, 0.15) is 19.3 Å². The molecule has 0 radical (unpaired) electrons. The number of aryl methyl sites for hydroxylation is 1. The normalized spacial score (nSPS) is 12.6. The molecule has 1 rings (SSSR count). The van der Waals surface area contributed by atoms with Gasteiger partial charge in [0.05, 0.1) is 6.42 Å². The highest BCUT2D eigenvalue weighted by Crippen LogP contribution is 2.30. The number of nitro groups is 1. The van der Waals surface area contributed by atoms with Crippen molar-refractivity contribution in [1.29, 1.82) is 0 Å². The quantitative estimate of drug-likeness (QED) is 0.216. The molecular formula is C21H33NO6. The highest BCUT2D eigenvalue weighted by Gasteiger charge is 2.45. The van der Waals surface area contributed by atoms with Crippen molar-refractivity contribution in [2.24, 2.45) is 0 Å². The largest absolute Gasteiger partial charge is 0.457 e. The summed E-state index contributed by atoms with van der Waals surface area (Å²) in [6.07, 6.45) is 7.06. The van der Waals surface area contributed by atoms with Gasteiger partial charge in [0.2, 0.25) is 0 Å². The topological polar surface area (TPSA) is 110 Å². The molecule has 0 saturated heterocycles. The summed E-state index contributed by atoms with van der Waals surface area (Å²) >= 11 is 0. The molecule has 2 N–H and O–H groups in total. The number of hydrogen-bond donors (Lipinski definition) is 2. The van der Waals surface area contributed by atoms with Crippen LogP contribution >= 0.6 is 0 Å². The Bertz CT molecular complexity index is 597. The number of benzene rings is 1. The van der Waals surface area contributed by atoms with Crippen LogP contribution in [0.2, 0.25) is 0 Å². The second-order valence-corrected chi connectivity index (χ2v) is 7.36. The minimum absolute atomic E-state index is 0.302. The van der Waals surface area contributed by atoms with E-state index in [4.69, 9.17) is 4.74 Å². The number of aliphatic hydroxyl groups is 2. The highest BCUT2D eigenvalue weighted by atomic mass is 16.6. The molecule has 0 spiro atoms. The van der Waals surface area contributed by atoms with Crippen LogP contribution < -0.4 is 0 Å². The Morgan fingerprint density at radius 2 is 1.68 bits per heavy atom. The van der Waals surface area contributed by atoms with Crippen LogP contribution in [-0.2, 0) is 16.0 Å². The fraction of sp³-hybridized carbons (Fsp3) is 0.667. The molecule has 1 atom stereocenters. The first-order valence-corrected chi connectivity index (χ1v) is 10.0. The van der Waals surface area contributed by atoms with Crippen molar-refractivity contribution in [1.82, 2.24) is 0 Å².